The lowest BCUT2D eigenvalue weighted by Crippen LogP contribution is -2.46. The van der Waals surface area contributed by atoms with Gasteiger partial charge in [-0.1, -0.05) is 44.2 Å². The van der Waals surface area contributed by atoms with E-state index in [1.54, 1.807) is 19.2 Å². The lowest BCUT2D eigenvalue weighted by Gasteiger charge is -2.23. The second-order valence-electron chi connectivity index (χ2n) is 8.06. The molecule has 3 rings (SSSR count). The van der Waals surface area contributed by atoms with Crippen molar-refractivity contribution in [2.45, 2.75) is 32.6 Å². The molecule has 2 heterocycles. The number of nitrogens with one attached hydrogen (secondary N) is 4. The molecule has 35 heavy (non-hydrogen) atoms. The molecule has 8 nitrogen and oxygen atoms in total. The lowest BCUT2D eigenvalue weighted by molar-refractivity contribution is -0.139. The van der Waals surface area contributed by atoms with Crippen molar-refractivity contribution < 1.29 is 27.2 Å². The van der Waals surface area contributed by atoms with Crippen molar-refractivity contribution in [1.29, 1.82) is 0 Å². The molecule has 3 aromatic rings. The van der Waals surface area contributed by atoms with Gasteiger partial charge in [-0.2, -0.15) is 13.2 Å². The average Bonchev–Trinajstić information content (AvgIpc) is 3.31. The van der Waals surface area contributed by atoms with E-state index in [-0.39, 0.29) is 23.2 Å². The third kappa shape index (κ3) is 7.26. The van der Waals surface area contributed by atoms with Gasteiger partial charge in [0.15, 0.2) is 17.5 Å². The van der Waals surface area contributed by atoms with Crippen LogP contribution in [0.3, 0.4) is 0 Å². The Bertz CT molecular complexity index is 1160. The highest BCUT2D eigenvalue weighted by Crippen LogP contribution is 2.21. The number of anilines is 1. The van der Waals surface area contributed by atoms with Crippen LogP contribution in [0.4, 0.5) is 23.4 Å². The lowest BCUT2D eigenvalue weighted by atomic mass is 10.0. The van der Waals surface area contributed by atoms with Crippen LogP contribution < -0.4 is 16.0 Å². The number of hydrogen-bond acceptors (Lipinski definition) is 5. The van der Waals surface area contributed by atoms with Crippen molar-refractivity contribution in [3.8, 4) is 11.4 Å². The summed E-state index contributed by atoms with van der Waals surface area (Å²) < 4.78 is 51.7. The number of aromatic nitrogens is 3. The minimum Gasteiger partial charge on any atom is -0.356 e. The number of aromatic amines is 1. The van der Waals surface area contributed by atoms with Crippen LogP contribution in [0.15, 0.2) is 48.8 Å². The molecule has 0 radical (unpaired) electrons. The van der Waals surface area contributed by atoms with Crippen LogP contribution in [0.2, 0.25) is 0 Å². The van der Waals surface area contributed by atoms with E-state index in [2.05, 4.69) is 25.6 Å². The third-order valence-electron chi connectivity index (χ3n) is 4.93. The largest absolute Gasteiger partial charge is 0.405 e. The van der Waals surface area contributed by atoms with Crippen LogP contribution >= 0.6 is 0 Å². The van der Waals surface area contributed by atoms with Crippen LogP contribution in [-0.2, 0) is 11.3 Å². The Kier molecular flexibility index (Phi) is 8.05. The highest BCUT2D eigenvalue weighted by molar-refractivity contribution is 5.93. The molecule has 2 amide bonds. The molecular formula is C23H24F4N6O2. The van der Waals surface area contributed by atoms with Crippen LogP contribution in [0.5, 0.6) is 0 Å². The Morgan fingerprint density at radius 1 is 1.11 bits per heavy atom. The number of halogens is 4. The van der Waals surface area contributed by atoms with Gasteiger partial charge in [-0.3, -0.25) is 9.59 Å². The molecule has 2 aromatic heterocycles. The normalized spacial score (nSPS) is 12.3. The van der Waals surface area contributed by atoms with Crippen LogP contribution in [0.1, 0.15) is 29.9 Å². The zero-order valence-corrected chi connectivity index (χ0v) is 18.9. The third-order valence-corrected chi connectivity index (χ3v) is 4.93. The van der Waals surface area contributed by atoms with E-state index in [1.165, 1.54) is 12.3 Å². The average molecular weight is 492 g/mol. The van der Waals surface area contributed by atoms with Gasteiger partial charge < -0.3 is 20.9 Å². The Balaban J connectivity index is 1.72. The second-order valence-corrected chi connectivity index (χ2v) is 8.06. The van der Waals surface area contributed by atoms with Crippen molar-refractivity contribution in [3.05, 3.63) is 65.9 Å². The first-order chi connectivity index (χ1) is 16.5. The van der Waals surface area contributed by atoms with Gasteiger partial charge >= 0.3 is 6.18 Å². The van der Waals surface area contributed by atoms with Crippen LogP contribution in [0.25, 0.3) is 11.4 Å². The number of carbonyl (C=O) groups is 2. The maximum atomic E-state index is 14.4. The zero-order chi connectivity index (χ0) is 25.6. The van der Waals surface area contributed by atoms with Crippen molar-refractivity contribution in [1.82, 2.24) is 25.6 Å². The smallest absolute Gasteiger partial charge is 0.356 e. The molecule has 1 atom stereocenters. The van der Waals surface area contributed by atoms with Gasteiger partial charge in [0.2, 0.25) is 5.91 Å². The van der Waals surface area contributed by atoms with Crippen molar-refractivity contribution in [2.24, 2.45) is 5.92 Å². The molecule has 1 aromatic carbocycles. The van der Waals surface area contributed by atoms with Gasteiger partial charge in [-0.25, -0.2) is 14.4 Å². The molecule has 0 bridgehead atoms. The summed E-state index contributed by atoms with van der Waals surface area (Å²) in [6, 6.07) is 9.62. The highest BCUT2D eigenvalue weighted by atomic mass is 19.4. The summed E-state index contributed by atoms with van der Waals surface area (Å²) in [4.78, 5) is 35.5. The zero-order valence-electron chi connectivity index (χ0n) is 18.9. The molecule has 0 fully saturated rings. The van der Waals surface area contributed by atoms with Gasteiger partial charge in [0.25, 0.3) is 5.91 Å². The van der Waals surface area contributed by atoms with Crippen molar-refractivity contribution in [3.63, 3.8) is 0 Å². The molecule has 0 saturated carbocycles. The van der Waals surface area contributed by atoms with E-state index in [1.807, 2.05) is 30.3 Å². The summed E-state index contributed by atoms with van der Waals surface area (Å²) in [6.45, 7) is 2.00. The minimum absolute atomic E-state index is 0.0467. The molecule has 4 N–H and O–H groups in total. The van der Waals surface area contributed by atoms with E-state index in [4.69, 9.17) is 0 Å². The minimum atomic E-state index is -4.58. The summed E-state index contributed by atoms with van der Waals surface area (Å²) in [5.41, 5.74) is 1.52. The molecule has 12 heteroatoms. The Labute approximate surface area is 198 Å². The van der Waals surface area contributed by atoms with Gasteiger partial charge in [-0.15, -0.1) is 0 Å². The molecule has 0 spiro atoms. The Morgan fingerprint density at radius 3 is 2.49 bits per heavy atom. The fourth-order valence-corrected chi connectivity index (χ4v) is 3.11. The fourth-order valence-electron chi connectivity index (χ4n) is 3.11. The number of nitrogens with zero attached hydrogens (tertiary/aromatic N) is 2. The number of alkyl halides is 3. The standard InChI is InChI=1S/C23H24F4N6O2/c1-13(2)18(22(35)31-12-23(25,26)27)32-20-16(24)11-29-19(33-20)15-8-17(28-10-15)21(34)30-9-14-6-4-3-5-7-14/h3-8,10-11,13,18,28H,9,12H2,1-2H3,(H,30,34)(H,31,35)(H,29,32,33)/t18-/m1/s1. The van der Waals surface area contributed by atoms with Crippen LogP contribution in [0, 0.1) is 11.7 Å². The molecule has 0 saturated heterocycles. The van der Waals surface area contributed by atoms with Gasteiger partial charge in [0, 0.05) is 18.3 Å². The Hall–Kier alpha value is -3.96. The van der Waals surface area contributed by atoms with E-state index in [0.29, 0.717) is 12.1 Å². The van der Waals surface area contributed by atoms with Crippen molar-refractivity contribution >= 4 is 17.6 Å². The summed E-state index contributed by atoms with van der Waals surface area (Å²) >= 11 is 0. The first kappa shape index (κ1) is 25.7. The number of rotatable bonds is 9. The van der Waals surface area contributed by atoms with E-state index < -0.39 is 36.4 Å². The highest BCUT2D eigenvalue weighted by Gasteiger charge is 2.31. The number of H-pyrrole nitrogens is 1. The fraction of sp³-hybridized carbons (Fsp3) is 0.304. The van der Waals surface area contributed by atoms with E-state index in [9.17, 15) is 27.2 Å². The predicted molar refractivity (Wildman–Crippen MR) is 121 cm³/mol. The SMILES string of the molecule is CC(C)[C@@H](Nc1nc(-c2c[nH]c(C(=O)NCc3ccccc3)c2)ncc1F)C(=O)NCC(F)(F)F. The molecular weight excluding hydrogens is 468 g/mol. The molecule has 0 aliphatic heterocycles. The topological polar surface area (TPSA) is 112 Å². The number of amides is 2. The predicted octanol–water partition coefficient (Wildman–Crippen LogP) is 3.66. The summed E-state index contributed by atoms with van der Waals surface area (Å²) in [7, 11) is 0. The first-order valence-corrected chi connectivity index (χ1v) is 10.7. The number of benzene rings is 1. The van der Waals surface area contributed by atoms with Crippen molar-refractivity contribution in [2.75, 3.05) is 11.9 Å². The van der Waals surface area contributed by atoms with E-state index in [0.717, 1.165) is 11.8 Å². The summed E-state index contributed by atoms with van der Waals surface area (Å²) in [5.74, 6) is -3.00. The quantitative estimate of drug-likeness (QED) is 0.341. The number of carbonyl (C=O) groups excluding carboxylic acids is 2. The molecule has 0 unspecified atom stereocenters. The first-order valence-electron chi connectivity index (χ1n) is 10.7. The molecule has 0 aliphatic carbocycles. The number of hydrogen-bond donors (Lipinski definition) is 4. The van der Waals surface area contributed by atoms with E-state index >= 15 is 0 Å². The molecule has 0 aliphatic rings. The van der Waals surface area contributed by atoms with Gasteiger partial charge in [0.05, 0.1) is 6.20 Å². The summed E-state index contributed by atoms with van der Waals surface area (Å²) in [6.07, 6.45) is -2.24. The maximum absolute atomic E-state index is 14.4. The summed E-state index contributed by atoms with van der Waals surface area (Å²) in [5, 5.41) is 7.12. The molecule has 186 valence electrons. The van der Waals surface area contributed by atoms with Crippen LogP contribution in [-0.4, -0.2) is 45.5 Å². The maximum Gasteiger partial charge on any atom is 0.405 e. The Morgan fingerprint density at radius 2 is 1.83 bits per heavy atom. The van der Waals surface area contributed by atoms with Gasteiger partial charge in [-0.05, 0) is 17.5 Å². The monoisotopic (exact) mass is 492 g/mol. The second kappa shape index (κ2) is 11.0. The van der Waals surface area contributed by atoms with Gasteiger partial charge in [0.1, 0.15) is 18.3 Å².